The van der Waals surface area contributed by atoms with Gasteiger partial charge in [-0.05, 0) is 29.8 Å². The second-order valence-corrected chi connectivity index (χ2v) is 5.86. The largest absolute Gasteiger partial charge is 0.416 e. The summed E-state index contributed by atoms with van der Waals surface area (Å²) in [6.45, 7) is 0. The number of nitrogens with one attached hydrogen (secondary N) is 2. The van der Waals surface area contributed by atoms with Crippen molar-refractivity contribution in [1.82, 2.24) is 9.97 Å². The van der Waals surface area contributed by atoms with Crippen molar-refractivity contribution in [3.05, 3.63) is 78.0 Å². The number of primary amides is 1. The molecule has 0 aliphatic heterocycles. The van der Waals surface area contributed by atoms with E-state index in [-0.39, 0.29) is 17.5 Å². The molecule has 28 heavy (non-hydrogen) atoms. The standard InChI is InChI=1S/C19H16F3N5O/c20-19(21,22)13-7-4-8-14(11-13)25-15-9-10-24-18(26-15)27-16(17(23)28)12-5-2-1-3-6-12/h1-11,16H,(H2,23,28)(H2,24,25,26,27). The molecule has 2 aromatic carbocycles. The van der Waals surface area contributed by atoms with Crippen molar-refractivity contribution >= 4 is 23.4 Å². The summed E-state index contributed by atoms with van der Waals surface area (Å²) in [6, 6.07) is 14.2. The van der Waals surface area contributed by atoms with Crippen LogP contribution < -0.4 is 16.4 Å². The summed E-state index contributed by atoms with van der Waals surface area (Å²) in [5, 5.41) is 5.63. The van der Waals surface area contributed by atoms with Crippen LogP contribution in [0.3, 0.4) is 0 Å². The van der Waals surface area contributed by atoms with Crippen LogP contribution in [0.4, 0.5) is 30.6 Å². The molecule has 144 valence electrons. The molecule has 6 nitrogen and oxygen atoms in total. The van der Waals surface area contributed by atoms with Gasteiger partial charge in [-0.15, -0.1) is 0 Å². The van der Waals surface area contributed by atoms with Crippen molar-refractivity contribution in [2.75, 3.05) is 10.6 Å². The van der Waals surface area contributed by atoms with Crippen LogP contribution in [0.25, 0.3) is 0 Å². The molecular formula is C19H16F3N5O. The molecule has 3 rings (SSSR count). The molecule has 0 aliphatic rings. The number of benzene rings is 2. The van der Waals surface area contributed by atoms with Crippen LogP contribution in [-0.4, -0.2) is 15.9 Å². The van der Waals surface area contributed by atoms with Gasteiger partial charge < -0.3 is 16.4 Å². The molecule has 0 aliphatic carbocycles. The lowest BCUT2D eigenvalue weighted by atomic mass is 10.1. The lowest BCUT2D eigenvalue weighted by molar-refractivity contribution is -0.137. The number of hydrogen-bond donors (Lipinski definition) is 3. The van der Waals surface area contributed by atoms with Crippen molar-refractivity contribution in [2.45, 2.75) is 12.2 Å². The number of aromatic nitrogens is 2. The van der Waals surface area contributed by atoms with Gasteiger partial charge in [0, 0.05) is 11.9 Å². The first kappa shape index (κ1) is 19.2. The topological polar surface area (TPSA) is 92.9 Å². The minimum Gasteiger partial charge on any atom is -0.368 e. The number of carbonyl (C=O) groups is 1. The van der Waals surface area contributed by atoms with Crippen molar-refractivity contribution in [2.24, 2.45) is 5.73 Å². The number of nitrogens with zero attached hydrogens (tertiary/aromatic N) is 2. The Bertz CT molecular complexity index is 963. The molecule has 0 saturated heterocycles. The van der Waals surface area contributed by atoms with Crippen LogP contribution >= 0.6 is 0 Å². The van der Waals surface area contributed by atoms with E-state index >= 15 is 0 Å². The Morgan fingerprint density at radius 2 is 1.79 bits per heavy atom. The lowest BCUT2D eigenvalue weighted by Gasteiger charge is -2.16. The molecule has 1 amide bonds. The second kappa shape index (κ2) is 7.95. The van der Waals surface area contributed by atoms with Crippen molar-refractivity contribution < 1.29 is 18.0 Å². The highest BCUT2D eigenvalue weighted by molar-refractivity contribution is 5.84. The summed E-state index contributed by atoms with van der Waals surface area (Å²) in [5.41, 5.74) is 5.53. The van der Waals surface area contributed by atoms with E-state index in [1.807, 2.05) is 0 Å². The maximum Gasteiger partial charge on any atom is 0.416 e. The molecule has 1 atom stereocenters. The third kappa shape index (κ3) is 4.76. The number of carbonyl (C=O) groups excluding carboxylic acids is 1. The van der Waals surface area contributed by atoms with Crippen LogP contribution in [0.2, 0.25) is 0 Å². The van der Waals surface area contributed by atoms with Crippen LogP contribution in [0.1, 0.15) is 17.2 Å². The molecule has 0 radical (unpaired) electrons. The maximum absolute atomic E-state index is 12.8. The highest BCUT2D eigenvalue weighted by Gasteiger charge is 2.30. The first-order chi connectivity index (χ1) is 13.3. The number of anilines is 3. The number of hydrogen-bond acceptors (Lipinski definition) is 5. The number of nitrogens with two attached hydrogens (primary N) is 1. The zero-order valence-corrected chi connectivity index (χ0v) is 14.4. The minimum absolute atomic E-state index is 0.102. The lowest BCUT2D eigenvalue weighted by Crippen LogP contribution is -2.28. The van der Waals surface area contributed by atoms with Gasteiger partial charge in [0.15, 0.2) is 0 Å². The molecular weight excluding hydrogens is 371 g/mol. The molecule has 0 fully saturated rings. The SMILES string of the molecule is NC(=O)C(Nc1nccc(Nc2cccc(C(F)(F)F)c2)n1)c1ccccc1. The highest BCUT2D eigenvalue weighted by atomic mass is 19.4. The van der Waals surface area contributed by atoms with Gasteiger partial charge in [-0.3, -0.25) is 4.79 Å². The summed E-state index contributed by atoms with van der Waals surface area (Å²) < 4.78 is 38.5. The van der Waals surface area contributed by atoms with Gasteiger partial charge in [0.2, 0.25) is 11.9 Å². The van der Waals surface area contributed by atoms with E-state index in [4.69, 9.17) is 5.73 Å². The Morgan fingerprint density at radius 3 is 2.46 bits per heavy atom. The summed E-state index contributed by atoms with van der Waals surface area (Å²) in [7, 11) is 0. The van der Waals surface area contributed by atoms with Crippen LogP contribution in [0.15, 0.2) is 66.9 Å². The van der Waals surface area contributed by atoms with E-state index in [2.05, 4.69) is 20.6 Å². The van der Waals surface area contributed by atoms with Crippen molar-refractivity contribution in [3.63, 3.8) is 0 Å². The summed E-state index contributed by atoms with van der Waals surface area (Å²) in [6.07, 6.45) is -3.03. The van der Waals surface area contributed by atoms with E-state index in [1.54, 1.807) is 30.3 Å². The first-order valence-electron chi connectivity index (χ1n) is 8.21. The van der Waals surface area contributed by atoms with Gasteiger partial charge in [0.1, 0.15) is 11.9 Å². The van der Waals surface area contributed by atoms with Crippen molar-refractivity contribution in [3.8, 4) is 0 Å². The predicted octanol–water partition coefficient (Wildman–Crippen LogP) is 3.88. The predicted molar refractivity (Wildman–Crippen MR) is 98.8 cm³/mol. The van der Waals surface area contributed by atoms with Gasteiger partial charge in [-0.25, -0.2) is 4.98 Å². The summed E-state index contributed by atoms with van der Waals surface area (Å²) in [5.74, 6) is -0.260. The Labute approximate surface area is 158 Å². The van der Waals surface area contributed by atoms with E-state index < -0.39 is 23.7 Å². The summed E-state index contributed by atoms with van der Waals surface area (Å²) >= 11 is 0. The van der Waals surface area contributed by atoms with Gasteiger partial charge in [-0.1, -0.05) is 36.4 Å². The Hall–Kier alpha value is -3.62. The number of alkyl halides is 3. The molecule has 4 N–H and O–H groups in total. The third-order valence-electron chi connectivity index (χ3n) is 3.81. The fourth-order valence-corrected chi connectivity index (χ4v) is 2.51. The monoisotopic (exact) mass is 387 g/mol. The van der Waals surface area contributed by atoms with E-state index in [0.29, 0.717) is 5.56 Å². The van der Waals surface area contributed by atoms with E-state index in [9.17, 15) is 18.0 Å². The van der Waals surface area contributed by atoms with Crippen LogP contribution in [0.5, 0.6) is 0 Å². The van der Waals surface area contributed by atoms with Gasteiger partial charge in [0.05, 0.1) is 5.56 Å². The number of amides is 1. The quantitative estimate of drug-likeness (QED) is 0.597. The van der Waals surface area contributed by atoms with Gasteiger partial charge in [-0.2, -0.15) is 18.2 Å². The molecule has 3 aromatic rings. The molecule has 0 spiro atoms. The highest BCUT2D eigenvalue weighted by Crippen LogP contribution is 2.31. The maximum atomic E-state index is 12.8. The van der Waals surface area contributed by atoms with Gasteiger partial charge in [0.25, 0.3) is 0 Å². The zero-order valence-electron chi connectivity index (χ0n) is 14.4. The average Bonchev–Trinajstić information content (AvgIpc) is 2.66. The van der Waals surface area contributed by atoms with Crippen LogP contribution in [0, 0.1) is 0 Å². The molecule has 9 heteroatoms. The molecule has 1 unspecified atom stereocenters. The fourth-order valence-electron chi connectivity index (χ4n) is 2.51. The molecule has 0 saturated carbocycles. The average molecular weight is 387 g/mol. The Balaban J connectivity index is 1.80. The smallest absolute Gasteiger partial charge is 0.368 e. The normalized spacial score (nSPS) is 12.2. The first-order valence-corrected chi connectivity index (χ1v) is 8.21. The fraction of sp³-hybridized carbons (Fsp3) is 0.105. The third-order valence-corrected chi connectivity index (χ3v) is 3.81. The van der Waals surface area contributed by atoms with Crippen molar-refractivity contribution in [1.29, 1.82) is 0 Å². The van der Waals surface area contributed by atoms with E-state index in [0.717, 1.165) is 12.1 Å². The minimum atomic E-state index is -4.44. The second-order valence-electron chi connectivity index (χ2n) is 5.86. The van der Waals surface area contributed by atoms with E-state index in [1.165, 1.54) is 24.4 Å². The number of rotatable bonds is 6. The molecule has 0 bridgehead atoms. The van der Waals surface area contributed by atoms with Gasteiger partial charge >= 0.3 is 6.18 Å². The molecule has 1 aromatic heterocycles. The van der Waals surface area contributed by atoms with Crippen LogP contribution in [-0.2, 0) is 11.0 Å². The Morgan fingerprint density at radius 1 is 1.04 bits per heavy atom. The number of halogens is 3. The summed E-state index contributed by atoms with van der Waals surface area (Å²) in [4.78, 5) is 20.0. The zero-order chi connectivity index (χ0) is 20.1. The Kier molecular flexibility index (Phi) is 5.44. The molecule has 1 heterocycles.